The molecule has 3 nitrogen and oxygen atoms in total. The summed E-state index contributed by atoms with van der Waals surface area (Å²) in [5.74, 6) is 0.855. The Balaban J connectivity index is 3.10. The Morgan fingerprint density at radius 3 is 2.64 bits per heavy atom. The molecule has 4 heteroatoms. The van der Waals surface area contributed by atoms with E-state index in [1.165, 1.54) is 11.8 Å². The van der Waals surface area contributed by atoms with Crippen molar-refractivity contribution in [2.24, 2.45) is 0 Å². The van der Waals surface area contributed by atoms with E-state index in [2.05, 4.69) is 0 Å². The first-order valence-corrected chi connectivity index (χ1v) is 5.57. The molecule has 1 aromatic rings. The normalized spacial score (nSPS) is 10.1. The first kappa shape index (κ1) is 11.0. The fourth-order valence-electron chi connectivity index (χ4n) is 1.20. The SMILES string of the molecule is CCSc1cc(CC)ccc1[N+](=O)[O-]. The lowest BCUT2D eigenvalue weighted by molar-refractivity contribution is -0.387. The third-order valence-corrected chi connectivity index (χ3v) is 2.86. The monoisotopic (exact) mass is 211 g/mol. The third-order valence-electron chi connectivity index (χ3n) is 1.93. The predicted octanol–water partition coefficient (Wildman–Crippen LogP) is 3.27. The fourth-order valence-corrected chi connectivity index (χ4v) is 2.04. The minimum absolute atomic E-state index is 0.217. The number of nitro benzene ring substituents is 1. The number of nitrogens with zero attached hydrogens (tertiary/aromatic N) is 1. The second kappa shape index (κ2) is 5.00. The van der Waals surface area contributed by atoms with Gasteiger partial charge in [0.15, 0.2) is 0 Å². The van der Waals surface area contributed by atoms with Crippen LogP contribution in [0, 0.1) is 10.1 Å². The number of rotatable bonds is 4. The van der Waals surface area contributed by atoms with Gasteiger partial charge in [-0.05, 0) is 23.8 Å². The molecule has 0 bridgehead atoms. The maximum absolute atomic E-state index is 10.7. The van der Waals surface area contributed by atoms with Gasteiger partial charge in [0.1, 0.15) is 0 Å². The Bertz CT molecular complexity index is 339. The zero-order valence-electron chi connectivity index (χ0n) is 8.32. The van der Waals surface area contributed by atoms with Crippen molar-refractivity contribution < 1.29 is 4.92 Å². The molecule has 0 heterocycles. The topological polar surface area (TPSA) is 43.1 Å². The minimum atomic E-state index is -0.322. The van der Waals surface area contributed by atoms with E-state index in [9.17, 15) is 10.1 Å². The van der Waals surface area contributed by atoms with Crippen LogP contribution in [-0.4, -0.2) is 10.7 Å². The van der Waals surface area contributed by atoms with Gasteiger partial charge in [-0.3, -0.25) is 10.1 Å². The highest BCUT2D eigenvalue weighted by Gasteiger charge is 2.13. The molecule has 0 saturated carbocycles. The van der Waals surface area contributed by atoms with Crippen LogP contribution in [0.15, 0.2) is 23.1 Å². The lowest BCUT2D eigenvalue weighted by atomic mass is 10.1. The highest BCUT2D eigenvalue weighted by Crippen LogP contribution is 2.29. The summed E-state index contributed by atoms with van der Waals surface area (Å²) in [7, 11) is 0. The minimum Gasteiger partial charge on any atom is -0.258 e. The summed E-state index contributed by atoms with van der Waals surface area (Å²) in [6.45, 7) is 4.04. The number of thioether (sulfide) groups is 1. The second-order valence-corrected chi connectivity index (χ2v) is 4.15. The fraction of sp³-hybridized carbons (Fsp3) is 0.400. The quantitative estimate of drug-likeness (QED) is 0.436. The first-order chi connectivity index (χ1) is 6.69. The van der Waals surface area contributed by atoms with E-state index in [0.29, 0.717) is 0 Å². The number of hydrogen-bond donors (Lipinski definition) is 0. The van der Waals surface area contributed by atoms with Crippen molar-refractivity contribution in [3.63, 3.8) is 0 Å². The summed E-state index contributed by atoms with van der Waals surface area (Å²) >= 11 is 1.52. The molecule has 76 valence electrons. The summed E-state index contributed by atoms with van der Waals surface area (Å²) in [6, 6.07) is 5.32. The zero-order valence-corrected chi connectivity index (χ0v) is 9.13. The summed E-state index contributed by atoms with van der Waals surface area (Å²) in [6.07, 6.45) is 0.912. The molecule has 0 unspecified atom stereocenters. The molecule has 0 N–H and O–H groups in total. The third kappa shape index (κ3) is 2.48. The molecule has 1 rings (SSSR count). The van der Waals surface area contributed by atoms with E-state index >= 15 is 0 Å². The highest BCUT2D eigenvalue weighted by atomic mass is 32.2. The highest BCUT2D eigenvalue weighted by molar-refractivity contribution is 7.99. The molecule has 0 fully saturated rings. The van der Waals surface area contributed by atoms with Gasteiger partial charge in [0.2, 0.25) is 0 Å². The number of hydrogen-bond acceptors (Lipinski definition) is 3. The van der Waals surface area contributed by atoms with E-state index in [-0.39, 0.29) is 10.6 Å². The van der Waals surface area contributed by atoms with Crippen LogP contribution in [0.1, 0.15) is 19.4 Å². The average molecular weight is 211 g/mol. The zero-order chi connectivity index (χ0) is 10.6. The molecule has 0 aliphatic carbocycles. The van der Waals surface area contributed by atoms with Crippen molar-refractivity contribution in [2.45, 2.75) is 25.2 Å². The lowest BCUT2D eigenvalue weighted by Crippen LogP contribution is -1.92. The van der Waals surface area contributed by atoms with Crippen LogP contribution < -0.4 is 0 Å². The van der Waals surface area contributed by atoms with E-state index in [1.54, 1.807) is 6.07 Å². The van der Waals surface area contributed by atoms with Gasteiger partial charge >= 0.3 is 0 Å². The van der Waals surface area contributed by atoms with Crippen LogP contribution in [0.4, 0.5) is 5.69 Å². The van der Waals surface area contributed by atoms with Crippen molar-refractivity contribution in [1.82, 2.24) is 0 Å². The van der Waals surface area contributed by atoms with Crippen LogP contribution in [0.5, 0.6) is 0 Å². The van der Waals surface area contributed by atoms with Gasteiger partial charge in [-0.25, -0.2) is 0 Å². The van der Waals surface area contributed by atoms with E-state index < -0.39 is 0 Å². The van der Waals surface area contributed by atoms with Crippen molar-refractivity contribution in [3.8, 4) is 0 Å². The summed E-state index contributed by atoms with van der Waals surface area (Å²) in [5.41, 5.74) is 1.36. The molecule has 0 aliphatic heterocycles. The van der Waals surface area contributed by atoms with Crippen LogP contribution in [0.25, 0.3) is 0 Å². The Morgan fingerprint density at radius 2 is 2.14 bits per heavy atom. The molecule has 0 saturated heterocycles. The Labute approximate surface area is 87.7 Å². The van der Waals surface area contributed by atoms with Gasteiger partial charge in [0.05, 0.1) is 9.82 Å². The molecule has 0 radical (unpaired) electrons. The van der Waals surface area contributed by atoms with Crippen LogP contribution in [0.2, 0.25) is 0 Å². The largest absolute Gasteiger partial charge is 0.282 e. The van der Waals surface area contributed by atoms with Gasteiger partial charge in [0.25, 0.3) is 5.69 Å². The van der Waals surface area contributed by atoms with Gasteiger partial charge in [-0.2, -0.15) is 0 Å². The van der Waals surface area contributed by atoms with E-state index in [4.69, 9.17) is 0 Å². The van der Waals surface area contributed by atoms with Crippen LogP contribution in [0.3, 0.4) is 0 Å². The van der Waals surface area contributed by atoms with Crippen molar-refractivity contribution in [3.05, 3.63) is 33.9 Å². The maximum atomic E-state index is 10.7. The predicted molar refractivity (Wildman–Crippen MR) is 58.9 cm³/mol. The van der Waals surface area contributed by atoms with Gasteiger partial charge < -0.3 is 0 Å². The Kier molecular flexibility index (Phi) is 3.95. The smallest absolute Gasteiger partial charge is 0.258 e. The standard InChI is InChI=1S/C10H13NO2S/c1-3-8-5-6-9(11(12)13)10(7-8)14-4-2/h5-7H,3-4H2,1-2H3. The van der Waals surface area contributed by atoms with Crippen LogP contribution >= 0.6 is 11.8 Å². The molecule has 0 aromatic heterocycles. The molecule has 0 aliphatic rings. The molecule has 14 heavy (non-hydrogen) atoms. The number of benzene rings is 1. The first-order valence-electron chi connectivity index (χ1n) is 4.59. The van der Waals surface area contributed by atoms with E-state index in [1.807, 2.05) is 26.0 Å². The van der Waals surface area contributed by atoms with Crippen molar-refractivity contribution >= 4 is 17.4 Å². The molecule has 1 aromatic carbocycles. The summed E-state index contributed by atoms with van der Waals surface area (Å²) < 4.78 is 0. The Hall–Kier alpha value is -1.03. The lowest BCUT2D eigenvalue weighted by Gasteiger charge is -2.03. The van der Waals surface area contributed by atoms with Crippen LogP contribution in [-0.2, 0) is 6.42 Å². The van der Waals surface area contributed by atoms with Crippen molar-refractivity contribution in [2.75, 3.05) is 5.75 Å². The van der Waals surface area contributed by atoms with E-state index in [0.717, 1.165) is 22.6 Å². The summed E-state index contributed by atoms with van der Waals surface area (Å²) in [5, 5.41) is 10.7. The molecular formula is C10H13NO2S. The molecule has 0 spiro atoms. The number of nitro groups is 1. The molecule has 0 amide bonds. The summed E-state index contributed by atoms with van der Waals surface area (Å²) in [4.78, 5) is 11.1. The van der Waals surface area contributed by atoms with Gasteiger partial charge in [0, 0.05) is 6.07 Å². The average Bonchev–Trinajstić information content (AvgIpc) is 2.17. The van der Waals surface area contributed by atoms with Gasteiger partial charge in [-0.15, -0.1) is 11.8 Å². The Morgan fingerprint density at radius 1 is 1.43 bits per heavy atom. The maximum Gasteiger partial charge on any atom is 0.282 e. The second-order valence-electron chi connectivity index (χ2n) is 2.85. The van der Waals surface area contributed by atoms with Gasteiger partial charge in [-0.1, -0.05) is 19.9 Å². The van der Waals surface area contributed by atoms with Crippen molar-refractivity contribution in [1.29, 1.82) is 0 Å². The molecular weight excluding hydrogens is 198 g/mol. The number of aryl methyl sites for hydroxylation is 1. The molecule has 0 atom stereocenters.